The third kappa shape index (κ3) is 3.41. The number of anilines is 1. The minimum atomic E-state index is 0.630. The summed E-state index contributed by atoms with van der Waals surface area (Å²) in [5, 5.41) is 1.61. The Labute approximate surface area is 195 Å². The van der Waals surface area contributed by atoms with Crippen molar-refractivity contribution >= 4 is 39.2 Å². The molecule has 5 aromatic rings. The standard InChI is InChI=1S/C25H21ClN6O/c1-16-30-25-19(21-15-27-7-8-28-21)13-17(31-9-11-33-12-10-31)14-23(25)32(16)22-5-6-29-24-18(22)3-2-4-20(24)26/h2-8,13-15H,9-12H2,1H3. The molecule has 8 heteroatoms. The molecule has 1 aliphatic rings. The van der Waals surface area contributed by atoms with Crippen LogP contribution in [0.25, 0.3) is 38.9 Å². The Bertz CT molecular complexity index is 1480. The van der Waals surface area contributed by atoms with Gasteiger partial charge in [-0.05, 0) is 31.2 Å². The zero-order valence-corrected chi connectivity index (χ0v) is 18.8. The van der Waals surface area contributed by atoms with Crippen molar-refractivity contribution < 1.29 is 4.74 Å². The first-order valence-corrected chi connectivity index (χ1v) is 11.2. The van der Waals surface area contributed by atoms with Crippen LogP contribution in [0.1, 0.15) is 5.82 Å². The van der Waals surface area contributed by atoms with E-state index >= 15 is 0 Å². The summed E-state index contributed by atoms with van der Waals surface area (Å²) in [6.45, 7) is 5.12. The molecule has 3 aromatic heterocycles. The zero-order chi connectivity index (χ0) is 22.4. The van der Waals surface area contributed by atoms with Crippen molar-refractivity contribution in [2.75, 3.05) is 31.2 Å². The van der Waals surface area contributed by atoms with Gasteiger partial charge in [0.2, 0.25) is 0 Å². The number of imidazole rings is 1. The summed E-state index contributed by atoms with van der Waals surface area (Å²) in [4.78, 5) is 20.7. The number of aryl methyl sites for hydroxylation is 1. The third-order valence-corrected chi connectivity index (χ3v) is 6.37. The summed E-state index contributed by atoms with van der Waals surface area (Å²) in [5.74, 6) is 0.877. The largest absolute Gasteiger partial charge is 0.378 e. The lowest BCUT2D eigenvalue weighted by atomic mass is 10.1. The first kappa shape index (κ1) is 20.1. The maximum absolute atomic E-state index is 6.46. The molecule has 4 heterocycles. The second-order valence-corrected chi connectivity index (χ2v) is 8.42. The molecule has 6 rings (SSSR count). The average molecular weight is 457 g/mol. The van der Waals surface area contributed by atoms with Gasteiger partial charge in [0.1, 0.15) is 5.82 Å². The molecule has 0 spiro atoms. The molecule has 0 aliphatic carbocycles. The summed E-state index contributed by atoms with van der Waals surface area (Å²) in [5.41, 5.74) is 6.53. The summed E-state index contributed by atoms with van der Waals surface area (Å²) < 4.78 is 7.76. The fourth-order valence-electron chi connectivity index (χ4n) is 4.54. The van der Waals surface area contributed by atoms with Crippen LogP contribution in [0.3, 0.4) is 0 Å². The molecule has 2 aromatic carbocycles. The van der Waals surface area contributed by atoms with Gasteiger partial charge in [-0.2, -0.15) is 0 Å². The van der Waals surface area contributed by atoms with Gasteiger partial charge < -0.3 is 9.64 Å². The number of hydrogen-bond acceptors (Lipinski definition) is 6. The maximum Gasteiger partial charge on any atom is 0.111 e. The number of morpholine rings is 1. The second-order valence-electron chi connectivity index (χ2n) is 8.01. The van der Waals surface area contributed by atoms with E-state index in [-0.39, 0.29) is 0 Å². The molecule has 0 bridgehead atoms. The molecular weight excluding hydrogens is 436 g/mol. The highest BCUT2D eigenvalue weighted by atomic mass is 35.5. The van der Waals surface area contributed by atoms with Crippen molar-refractivity contribution in [2.45, 2.75) is 6.92 Å². The van der Waals surface area contributed by atoms with E-state index in [2.05, 4.69) is 36.6 Å². The monoisotopic (exact) mass is 456 g/mol. The molecule has 1 aliphatic heterocycles. The predicted octanol–water partition coefficient (Wildman–Crippen LogP) is 4.83. The van der Waals surface area contributed by atoms with Crippen LogP contribution in [0.2, 0.25) is 5.02 Å². The van der Waals surface area contributed by atoms with Crippen LogP contribution in [-0.2, 0) is 4.74 Å². The lowest BCUT2D eigenvalue weighted by molar-refractivity contribution is 0.122. The molecule has 0 radical (unpaired) electrons. The van der Waals surface area contributed by atoms with Crippen molar-refractivity contribution in [2.24, 2.45) is 0 Å². The first-order chi connectivity index (χ1) is 16.2. The highest BCUT2D eigenvalue weighted by molar-refractivity contribution is 6.35. The van der Waals surface area contributed by atoms with Gasteiger partial charge in [-0.1, -0.05) is 23.7 Å². The number of pyridine rings is 1. The number of rotatable bonds is 3. The molecule has 7 nitrogen and oxygen atoms in total. The van der Waals surface area contributed by atoms with Crippen LogP contribution in [0, 0.1) is 6.92 Å². The summed E-state index contributed by atoms with van der Waals surface area (Å²) in [6, 6.07) is 12.2. The molecule has 0 atom stereocenters. The Hall–Kier alpha value is -3.55. The van der Waals surface area contributed by atoms with E-state index in [1.54, 1.807) is 24.8 Å². The molecule has 0 saturated carbocycles. The van der Waals surface area contributed by atoms with Crippen molar-refractivity contribution in [3.8, 4) is 16.9 Å². The van der Waals surface area contributed by atoms with Gasteiger partial charge in [0.05, 0.1) is 52.4 Å². The predicted molar refractivity (Wildman–Crippen MR) is 130 cm³/mol. The highest BCUT2D eigenvalue weighted by Gasteiger charge is 2.21. The van der Waals surface area contributed by atoms with Crippen LogP contribution < -0.4 is 4.90 Å². The van der Waals surface area contributed by atoms with Crippen LogP contribution in [0.15, 0.2) is 61.2 Å². The van der Waals surface area contributed by atoms with Crippen molar-refractivity contribution in [1.82, 2.24) is 24.5 Å². The second kappa shape index (κ2) is 8.10. The van der Waals surface area contributed by atoms with Gasteiger partial charge in [-0.3, -0.25) is 19.5 Å². The van der Waals surface area contributed by atoms with Crippen molar-refractivity contribution in [3.05, 3.63) is 72.0 Å². The van der Waals surface area contributed by atoms with Crippen LogP contribution in [0.5, 0.6) is 0 Å². The van der Waals surface area contributed by atoms with Crippen LogP contribution in [0.4, 0.5) is 5.69 Å². The van der Waals surface area contributed by atoms with E-state index in [0.717, 1.165) is 63.5 Å². The molecule has 0 amide bonds. The minimum absolute atomic E-state index is 0.630. The fourth-order valence-corrected chi connectivity index (χ4v) is 4.76. The molecular formula is C25H21ClN6O. The van der Waals surface area contributed by atoms with Gasteiger partial charge in [0.25, 0.3) is 0 Å². The average Bonchev–Trinajstić information content (AvgIpc) is 3.20. The zero-order valence-electron chi connectivity index (χ0n) is 18.1. The molecule has 1 saturated heterocycles. The quantitative estimate of drug-likeness (QED) is 0.387. The Morgan fingerprint density at radius 3 is 2.67 bits per heavy atom. The minimum Gasteiger partial charge on any atom is -0.378 e. The van der Waals surface area contributed by atoms with E-state index in [0.29, 0.717) is 18.2 Å². The number of fused-ring (bicyclic) bond motifs is 2. The summed E-state index contributed by atoms with van der Waals surface area (Å²) >= 11 is 6.46. The molecule has 1 fully saturated rings. The lowest BCUT2D eigenvalue weighted by Crippen LogP contribution is -2.36. The van der Waals surface area contributed by atoms with E-state index < -0.39 is 0 Å². The number of ether oxygens (including phenoxy) is 1. The normalized spacial score (nSPS) is 14.3. The topological polar surface area (TPSA) is 69.0 Å². The van der Waals surface area contributed by atoms with Crippen LogP contribution >= 0.6 is 11.6 Å². The number of aromatic nitrogens is 5. The molecule has 164 valence electrons. The molecule has 0 unspecified atom stereocenters. The van der Waals surface area contributed by atoms with Gasteiger partial charge in [0, 0.05) is 48.3 Å². The Kier molecular flexibility index (Phi) is 4.93. The van der Waals surface area contributed by atoms with Gasteiger partial charge in [-0.25, -0.2) is 4.98 Å². The molecule has 0 N–H and O–H groups in total. The number of para-hydroxylation sites is 1. The van der Waals surface area contributed by atoms with Gasteiger partial charge in [0.15, 0.2) is 0 Å². The Morgan fingerprint density at radius 2 is 1.85 bits per heavy atom. The van der Waals surface area contributed by atoms with Gasteiger partial charge in [-0.15, -0.1) is 0 Å². The van der Waals surface area contributed by atoms with E-state index in [1.165, 1.54) is 0 Å². The Morgan fingerprint density at radius 1 is 0.970 bits per heavy atom. The fraction of sp³-hybridized carbons (Fsp3) is 0.200. The van der Waals surface area contributed by atoms with E-state index in [4.69, 9.17) is 21.3 Å². The maximum atomic E-state index is 6.46. The number of hydrogen-bond donors (Lipinski definition) is 0. The van der Waals surface area contributed by atoms with E-state index in [1.807, 2.05) is 31.2 Å². The lowest BCUT2D eigenvalue weighted by Gasteiger charge is -2.29. The first-order valence-electron chi connectivity index (χ1n) is 10.9. The van der Waals surface area contributed by atoms with Crippen LogP contribution in [-0.4, -0.2) is 50.8 Å². The SMILES string of the molecule is Cc1nc2c(-c3cnccn3)cc(N3CCOCC3)cc2n1-c1ccnc2c(Cl)cccc12. The number of nitrogens with zero attached hydrogens (tertiary/aromatic N) is 6. The smallest absolute Gasteiger partial charge is 0.111 e. The third-order valence-electron chi connectivity index (χ3n) is 6.07. The number of benzene rings is 2. The summed E-state index contributed by atoms with van der Waals surface area (Å²) in [6.07, 6.45) is 6.98. The van der Waals surface area contributed by atoms with Crippen molar-refractivity contribution in [3.63, 3.8) is 0 Å². The summed E-state index contributed by atoms with van der Waals surface area (Å²) in [7, 11) is 0. The Balaban J connectivity index is 1.66. The highest BCUT2D eigenvalue weighted by Crippen LogP contribution is 2.36. The van der Waals surface area contributed by atoms with E-state index in [9.17, 15) is 0 Å². The van der Waals surface area contributed by atoms with Gasteiger partial charge >= 0.3 is 0 Å². The molecule has 33 heavy (non-hydrogen) atoms. The number of halogens is 1. The van der Waals surface area contributed by atoms with Crippen molar-refractivity contribution in [1.29, 1.82) is 0 Å².